The minimum absolute atomic E-state index is 0.113. The number of fused-ring (bicyclic) bond motifs is 1. The molecule has 3 aromatic rings. The summed E-state index contributed by atoms with van der Waals surface area (Å²) in [4.78, 5) is 28.8. The van der Waals surface area contributed by atoms with Gasteiger partial charge in [-0.15, -0.1) is 0 Å². The van der Waals surface area contributed by atoms with Crippen molar-refractivity contribution in [2.24, 2.45) is 0 Å². The fourth-order valence-corrected chi connectivity index (χ4v) is 6.43. The number of aromatic nitrogens is 2. The van der Waals surface area contributed by atoms with E-state index in [1.165, 1.54) is 6.42 Å². The number of rotatable bonds is 12. The van der Waals surface area contributed by atoms with Crippen LogP contribution in [0.1, 0.15) is 37.7 Å². The highest BCUT2D eigenvalue weighted by atomic mass is 127. The second-order valence-electron chi connectivity index (χ2n) is 11.6. The van der Waals surface area contributed by atoms with E-state index in [4.69, 9.17) is 9.47 Å². The van der Waals surface area contributed by atoms with Crippen LogP contribution in [-0.4, -0.2) is 53.4 Å². The van der Waals surface area contributed by atoms with Crippen molar-refractivity contribution in [2.75, 3.05) is 6.61 Å². The van der Waals surface area contributed by atoms with Crippen LogP contribution in [0.2, 0.25) is 25.7 Å². The molecule has 0 bridgehead atoms. The molecule has 1 atom stereocenters. The maximum atomic E-state index is 12.9. The Bertz CT molecular complexity index is 1300. The van der Waals surface area contributed by atoms with Crippen molar-refractivity contribution in [2.45, 2.75) is 83.0 Å². The first kappa shape index (κ1) is 30.3. The summed E-state index contributed by atoms with van der Waals surface area (Å²) < 4.78 is 15.2. The van der Waals surface area contributed by atoms with Gasteiger partial charge in [0.2, 0.25) is 5.91 Å². The number of hydrogen-bond donors (Lipinski definition) is 3. The molecule has 1 aromatic carbocycles. The summed E-state index contributed by atoms with van der Waals surface area (Å²) in [7, 11) is -1.15. The van der Waals surface area contributed by atoms with E-state index in [1.54, 1.807) is 6.20 Å². The van der Waals surface area contributed by atoms with Crippen LogP contribution in [0.5, 0.6) is 11.5 Å². The normalized spacial score (nSPS) is 15.1. The summed E-state index contributed by atoms with van der Waals surface area (Å²) in [5, 5.41) is 15.6. The molecule has 1 aliphatic rings. The van der Waals surface area contributed by atoms with Gasteiger partial charge in [-0.25, -0.2) is 9.78 Å². The molecule has 40 heavy (non-hydrogen) atoms. The van der Waals surface area contributed by atoms with E-state index >= 15 is 0 Å². The van der Waals surface area contributed by atoms with Gasteiger partial charge < -0.3 is 29.8 Å². The highest BCUT2D eigenvalue weighted by Gasteiger charge is 2.24. The number of halogens is 1. The lowest BCUT2D eigenvalue weighted by Crippen LogP contribution is -2.50. The number of carbonyl (C=O) groups excluding carboxylic acids is 1. The molecule has 216 valence electrons. The van der Waals surface area contributed by atoms with Gasteiger partial charge >= 0.3 is 6.09 Å². The third-order valence-corrected chi connectivity index (χ3v) is 9.58. The van der Waals surface area contributed by atoms with Crippen LogP contribution in [0.25, 0.3) is 11.0 Å². The SMILES string of the molecule is C[Si](C)(C)CCOCn1cc(I)c2c(Oc3ccc(C[C@H](NC(=O)O)C(=O)NC4CCCCC4)cc3)ccnc21. The van der Waals surface area contributed by atoms with Crippen molar-refractivity contribution in [3.8, 4) is 11.5 Å². The predicted octanol–water partition coefficient (Wildman–Crippen LogP) is 6.37. The molecule has 11 heteroatoms. The van der Waals surface area contributed by atoms with Gasteiger partial charge in [0.25, 0.3) is 0 Å². The van der Waals surface area contributed by atoms with Crippen LogP contribution in [-0.2, 0) is 22.7 Å². The minimum Gasteiger partial charge on any atom is -0.465 e. The Hall–Kier alpha value is -2.64. The fourth-order valence-electron chi connectivity index (χ4n) is 4.83. The van der Waals surface area contributed by atoms with Gasteiger partial charge in [-0.3, -0.25) is 4.79 Å². The van der Waals surface area contributed by atoms with Gasteiger partial charge in [0.1, 0.15) is 29.9 Å². The zero-order chi connectivity index (χ0) is 28.7. The first-order chi connectivity index (χ1) is 19.1. The second-order valence-corrected chi connectivity index (χ2v) is 18.4. The van der Waals surface area contributed by atoms with Gasteiger partial charge in [-0.1, -0.05) is 51.0 Å². The predicted molar refractivity (Wildman–Crippen MR) is 167 cm³/mol. The lowest BCUT2D eigenvalue weighted by molar-refractivity contribution is -0.123. The van der Waals surface area contributed by atoms with Crippen LogP contribution in [0.3, 0.4) is 0 Å². The quantitative estimate of drug-likeness (QED) is 0.117. The zero-order valence-electron chi connectivity index (χ0n) is 23.4. The Labute approximate surface area is 250 Å². The molecule has 9 nitrogen and oxygen atoms in total. The van der Waals surface area contributed by atoms with E-state index in [0.29, 0.717) is 18.2 Å². The monoisotopic (exact) mass is 678 g/mol. The number of benzene rings is 1. The molecule has 0 radical (unpaired) electrons. The number of amides is 2. The number of nitrogens with one attached hydrogen (secondary N) is 2. The summed E-state index contributed by atoms with van der Waals surface area (Å²) in [5.41, 5.74) is 1.64. The highest BCUT2D eigenvalue weighted by molar-refractivity contribution is 14.1. The average Bonchev–Trinajstić information content (AvgIpc) is 3.23. The molecule has 3 N–H and O–H groups in total. The largest absolute Gasteiger partial charge is 0.465 e. The summed E-state index contributed by atoms with van der Waals surface area (Å²) in [6.45, 7) is 8.18. The maximum Gasteiger partial charge on any atom is 0.405 e. The third-order valence-electron chi connectivity index (χ3n) is 7.06. The number of pyridine rings is 1. The number of carboxylic acid groups (broad SMARTS) is 1. The van der Waals surface area contributed by atoms with Crippen LogP contribution in [0, 0.1) is 3.57 Å². The molecule has 2 amide bonds. The second kappa shape index (κ2) is 13.8. The highest BCUT2D eigenvalue weighted by Crippen LogP contribution is 2.33. The molecule has 1 fully saturated rings. The number of carbonyl (C=O) groups is 2. The zero-order valence-corrected chi connectivity index (χ0v) is 26.6. The Morgan fingerprint density at radius 2 is 1.88 bits per heavy atom. The van der Waals surface area contributed by atoms with Crippen molar-refractivity contribution in [3.63, 3.8) is 0 Å². The third kappa shape index (κ3) is 8.68. The molecule has 4 rings (SSSR count). The van der Waals surface area contributed by atoms with Crippen LogP contribution >= 0.6 is 22.6 Å². The van der Waals surface area contributed by atoms with Crippen molar-refractivity contribution in [1.29, 1.82) is 0 Å². The van der Waals surface area contributed by atoms with Gasteiger partial charge in [0, 0.05) is 43.1 Å². The van der Waals surface area contributed by atoms with E-state index in [1.807, 2.05) is 41.1 Å². The molecule has 0 unspecified atom stereocenters. The number of nitrogens with zero attached hydrogens (tertiary/aromatic N) is 2. The molecule has 0 spiro atoms. The topological polar surface area (TPSA) is 115 Å². The van der Waals surface area contributed by atoms with Gasteiger partial charge in [-0.05, 0) is 65.2 Å². The fraction of sp³-hybridized carbons (Fsp3) is 0.483. The molecule has 0 aliphatic heterocycles. The number of hydrogen-bond acceptors (Lipinski definition) is 5. The van der Waals surface area contributed by atoms with Gasteiger partial charge in [-0.2, -0.15) is 0 Å². The van der Waals surface area contributed by atoms with Gasteiger partial charge in [0.15, 0.2) is 0 Å². The molecule has 2 heterocycles. The standard InChI is InChI=1S/C29H39IN4O5Si/c1-40(2,3)16-15-38-19-34-18-23(30)26-25(13-14-31-27(26)34)39-22-11-9-20(10-12-22)17-24(33-29(36)37)28(35)32-21-7-5-4-6-8-21/h9-14,18,21,24,33H,4-8,15-17,19H2,1-3H3,(H,32,35)(H,36,37)/t24-/m0/s1. The van der Waals surface area contributed by atoms with E-state index < -0.39 is 20.2 Å². The first-order valence-corrected chi connectivity index (χ1v) is 18.7. The van der Waals surface area contributed by atoms with Crippen molar-refractivity contribution in [1.82, 2.24) is 20.2 Å². The Morgan fingerprint density at radius 3 is 2.55 bits per heavy atom. The lowest BCUT2D eigenvalue weighted by Gasteiger charge is -2.25. The Balaban J connectivity index is 1.41. The summed E-state index contributed by atoms with van der Waals surface area (Å²) in [5.74, 6) is 1.05. The smallest absolute Gasteiger partial charge is 0.405 e. The van der Waals surface area contributed by atoms with Crippen molar-refractivity contribution in [3.05, 3.63) is 51.9 Å². The van der Waals surface area contributed by atoms with E-state index in [0.717, 1.165) is 58.5 Å². The van der Waals surface area contributed by atoms with Crippen molar-refractivity contribution < 1.29 is 24.2 Å². The van der Waals surface area contributed by atoms with Crippen LogP contribution in [0.4, 0.5) is 4.79 Å². The average molecular weight is 679 g/mol. The minimum atomic E-state index is -1.21. The molecular weight excluding hydrogens is 639 g/mol. The molecule has 1 aliphatic carbocycles. The molecular formula is C29H39IN4O5Si. The van der Waals surface area contributed by atoms with Crippen LogP contribution < -0.4 is 15.4 Å². The van der Waals surface area contributed by atoms with E-state index in [2.05, 4.69) is 57.8 Å². The van der Waals surface area contributed by atoms with E-state index in [-0.39, 0.29) is 18.4 Å². The van der Waals surface area contributed by atoms with Gasteiger partial charge in [0.05, 0.1) is 5.39 Å². The lowest BCUT2D eigenvalue weighted by atomic mass is 9.95. The Kier molecular flexibility index (Phi) is 10.5. The van der Waals surface area contributed by atoms with Crippen LogP contribution in [0.15, 0.2) is 42.7 Å². The number of ether oxygens (including phenoxy) is 2. The molecule has 2 aromatic heterocycles. The summed E-state index contributed by atoms with van der Waals surface area (Å²) in [6.07, 6.45) is 8.02. The molecule has 1 saturated carbocycles. The summed E-state index contributed by atoms with van der Waals surface area (Å²) >= 11 is 2.29. The van der Waals surface area contributed by atoms with Crippen molar-refractivity contribution >= 4 is 53.7 Å². The first-order valence-electron chi connectivity index (χ1n) is 13.9. The summed E-state index contributed by atoms with van der Waals surface area (Å²) in [6, 6.07) is 9.60. The maximum absolute atomic E-state index is 12.9. The molecule has 0 saturated heterocycles. The van der Waals surface area contributed by atoms with E-state index in [9.17, 15) is 14.7 Å². The Morgan fingerprint density at radius 1 is 1.15 bits per heavy atom.